The lowest BCUT2D eigenvalue weighted by molar-refractivity contribution is 0.601. The molecule has 2 aromatic rings. The smallest absolute Gasteiger partial charge is 0.262 e. The summed E-state index contributed by atoms with van der Waals surface area (Å²) in [4.78, 5) is 0.318. The third kappa shape index (κ3) is 2.20. The summed E-state index contributed by atoms with van der Waals surface area (Å²) < 4.78 is 27.5. The normalized spacial score (nSPS) is 14.3. The van der Waals surface area contributed by atoms with Gasteiger partial charge in [0.15, 0.2) is 0 Å². The summed E-state index contributed by atoms with van der Waals surface area (Å²) in [7, 11) is -3.56. The zero-order valence-corrected chi connectivity index (χ0v) is 12.3. The second-order valence-electron chi connectivity index (χ2n) is 5.20. The largest absolute Gasteiger partial charge is 0.280 e. The van der Waals surface area contributed by atoms with Crippen LogP contribution in [0.2, 0.25) is 0 Å². The van der Waals surface area contributed by atoms with Crippen LogP contribution in [-0.2, 0) is 22.9 Å². The Kier molecular flexibility index (Phi) is 3.05. The number of nitrogens with one attached hydrogen (secondary N) is 2. The van der Waals surface area contributed by atoms with Crippen molar-refractivity contribution in [2.24, 2.45) is 0 Å². The van der Waals surface area contributed by atoms with Crippen molar-refractivity contribution in [1.82, 2.24) is 10.2 Å². The molecule has 6 heteroatoms. The number of aromatic nitrogens is 2. The van der Waals surface area contributed by atoms with Gasteiger partial charge in [0.05, 0.1) is 22.0 Å². The maximum Gasteiger partial charge on any atom is 0.262 e. The first kappa shape index (κ1) is 13.2. The molecule has 0 amide bonds. The van der Waals surface area contributed by atoms with Gasteiger partial charge in [0.1, 0.15) is 0 Å². The van der Waals surface area contributed by atoms with E-state index in [4.69, 9.17) is 0 Å². The third-order valence-corrected chi connectivity index (χ3v) is 5.09. The molecule has 0 bridgehead atoms. The molecular weight excluding hydrogens is 274 g/mol. The molecule has 5 nitrogen and oxygen atoms in total. The molecule has 0 atom stereocenters. The van der Waals surface area contributed by atoms with Gasteiger partial charge in [-0.05, 0) is 56.4 Å². The van der Waals surface area contributed by atoms with E-state index >= 15 is 0 Å². The number of sulfonamides is 1. The molecule has 106 valence electrons. The standard InChI is InChI=1S/C14H17N3O2S/c1-9-14(10(2)16-15-9)17-20(18,19)13-7-6-11-4-3-5-12(11)8-13/h6-8,17H,3-5H2,1-2H3,(H,15,16). The fourth-order valence-electron chi connectivity index (χ4n) is 2.61. The monoisotopic (exact) mass is 291 g/mol. The number of fused-ring (bicyclic) bond motifs is 1. The predicted octanol–water partition coefficient (Wildman–Crippen LogP) is 2.32. The highest BCUT2D eigenvalue weighted by atomic mass is 32.2. The minimum atomic E-state index is -3.56. The topological polar surface area (TPSA) is 74.8 Å². The van der Waals surface area contributed by atoms with E-state index in [-0.39, 0.29) is 0 Å². The van der Waals surface area contributed by atoms with Crippen molar-refractivity contribution in [1.29, 1.82) is 0 Å². The third-order valence-electron chi connectivity index (χ3n) is 3.74. The van der Waals surface area contributed by atoms with Gasteiger partial charge in [0.2, 0.25) is 0 Å². The van der Waals surface area contributed by atoms with Gasteiger partial charge >= 0.3 is 0 Å². The van der Waals surface area contributed by atoms with Crippen LogP contribution in [0.5, 0.6) is 0 Å². The predicted molar refractivity (Wildman–Crippen MR) is 77.3 cm³/mol. The van der Waals surface area contributed by atoms with Crippen molar-refractivity contribution in [3.63, 3.8) is 0 Å². The number of hydrogen-bond acceptors (Lipinski definition) is 3. The molecule has 0 fully saturated rings. The minimum Gasteiger partial charge on any atom is -0.280 e. The molecule has 1 aromatic heterocycles. The van der Waals surface area contributed by atoms with E-state index < -0.39 is 10.0 Å². The number of aromatic amines is 1. The van der Waals surface area contributed by atoms with Crippen LogP contribution in [0.15, 0.2) is 23.1 Å². The first-order valence-electron chi connectivity index (χ1n) is 6.63. The first-order valence-corrected chi connectivity index (χ1v) is 8.12. The second-order valence-corrected chi connectivity index (χ2v) is 6.88. The lowest BCUT2D eigenvalue weighted by Crippen LogP contribution is -2.14. The van der Waals surface area contributed by atoms with Crippen LogP contribution in [0.25, 0.3) is 0 Å². The summed E-state index contributed by atoms with van der Waals surface area (Å²) in [6, 6.07) is 5.39. The van der Waals surface area contributed by atoms with Crippen molar-refractivity contribution in [2.45, 2.75) is 38.0 Å². The molecule has 0 saturated heterocycles. The highest BCUT2D eigenvalue weighted by molar-refractivity contribution is 7.92. The number of anilines is 1. The molecule has 0 saturated carbocycles. The van der Waals surface area contributed by atoms with Crippen LogP contribution in [0, 0.1) is 13.8 Å². The summed E-state index contributed by atoms with van der Waals surface area (Å²) in [5, 5.41) is 6.78. The maximum absolute atomic E-state index is 12.5. The summed E-state index contributed by atoms with van der Waals surface area (Å²) in [5.74, 6) is 0. The number of benzene rings is 1. The van der Waals surface area contributed by atoms with Crippen molar-refractivity contribution in [3.8, 4) is 0 Å². The fraction of sp³-hybridized carbons (Fsp3) is 0.357. The molecule has 20 heavy (non-hydrogen) atoms. The zero-order valence-electron chi connectivity index (χ0n) is 11.5. The van der Waals surface area contributed by atoms with Crippen LogP contribution < -0.4 is 4.72 Å². The highest BCUT2D eigenvalue weighted by Gasteiger charge is 2.20. The molecule has 0 spiro atoms. The fourth-order valence-corrected chi connectivity index (χ4v) is 3.84. The molecule has 0 unspecified atom stereocenters. The van der Waals surface area contributed by atoms with Gasteiger partial charge in [0, 0.05) is 0 Å². The molecule has 1 heterocycles. The molecule has 1 aromatic carbocycles. The van der Waals surface area contributed by atoms with E-state index in [0.29, 0.717) is 22.0 Å². The van der Waals surface area contributed by atoms with Gasteiger partial charge in [-0.2, -0.15) is 5.10 Å². The summed E-state index contributed by atoms with van der Waals surface area (Å²) >= 11 is 0. The Morgan fingerprint density at radius 2 is 1.95 bits per heavy atom. The van der Waals surface area contributed by atoms with Crippen LogP contribution in [0.3, 0.4) is 0 Å². The van der Waals surface area contributed by atoms with E-state index in [1.54, 1.807) is 26.0 Å². The van der Waals surface area contributed by atoms with Crippen LogP contribution in [0.1, 0.15) is 28.9 Å². The summed E-state index contributed by atoms with van der Waals surface area (Å²) in [5.41, 5.74) is 4.30. The number of hydrogen-bond donors (Lipinski definition) is 2. The molecule has 0 radical (unpaired) electrons. The molecule has 1 aliphatic rings. The summed E-state index contributed by atoms with van der Waals surface area (Å²) in [6.45, 7) is 3.56. The Hall–Kier alpha value is -1.82. The molecular formula is C14H17N3O2S. The lowest BCUT2D eigenvalue weighted by atomic mass is 10.1. The van der Waals surface area contributed by atoms with E-state index in [1.165, 1.54) is 5.56 Å². The van der Waals surface area contributed by atoms with Crippen LogP contribution >= 0.6 is 0 Å². The Morgan fingerprint density at radius 1 is 1.20 bits per heavy atom. The van der Waals surface area contributed by atoms with E-state index in [0.717, 1.165) is 24.8 Å². The Labute approximate surface area is 118 Å². The quantitative estimate of drug-likeness (QED) is 0.911. The SMILES string of the molecule is Cc1n[nH]c(C)c1NS(=O)(=O)c1ccc2c(c1)CCC2. The first-order chi connectivity index (χ1) is 9.47. The summed E-state index contributed by atoms with van der Waals surface area (Å²) in [6.07, 6.45) is 3.11. The van der Waals surface area contributed by atoms with Gasteiger partial charge in [0.25, 0.3) is 10.0 Å². The van der Waals surface area contributed by atoms with Gasteiger partial charge in [-0.3, -0.25) is 9.82 Å². The van der Waals surface area contributed by atoms with Crippen molar-refractivity contribution in [3.05, 3.63) is 40.7 Å². The number of nitrogens with zero attached hydrogens (tertiary/aromatic N) is 1. The van der Waals surface area contributed by atoms with Gasteiger partial charge in [-0.15, -0.1) is 0 Å². The van der Waals surface area contributed by atoms with Crippen molar-refractivity contribution < 1.29 is 8.42 Å². The van der Waals surface area contributed by atoms with E-state index in [9.17, 15) is 8.42 Å². The molecule has 1 aliphatic carbocycles. The van der Waals surface area contributed by atoms with E-state index in [1.807, 2.05) is 6.07 Å². The van der Waals surface area contributed by atoms with Crippen molar-refractivity contribution in [2.75, 3.05) is 4.72 Å². The lowest BCUT2D eigenvalue weighted by Gasteiger charge is -2.09. The van der Waals surface area contributed by atoms with Crippen molar-refractivity contribution >= 4 is 15.7 Å². The van der Waals surface area contributed by atoms with Gasteiger partial charge in [-0.25, -0.2) is 8.42 Å². The van der Waals surface area contributed by atoms with Gasteiger partial charge in [-0.1, -0.05) is 6.07 Å². The minimum absolute atomic E-state index is 0.318. The highest BCUT2D eigenvalue weighted by Crippen LogP contribution is 2.26. The molecule has 3 rings (SSSR count). The maximum atomic E-state index is 12.5. The number of rotatable bonds is 3. The Morgan fingerprint density at radius 3 is 2.65 bits per heavy atom. The zero-order chi connectivity index (χ0) is 14.3. The van der Waals surface area contributed by atoms with Crippen LogP contribution in [0.4, 0.5) is 5.69 Å². The number of H-pyrrole nitrogens is 1. The second kappa shape index (κ2) is 4.63. The van der Waals surface area contributed by atoms with Crippen LogP contribution in [-0.4, -0.2) is 18.6 Å². The van der Waals surface area contributed by atoms with Gasteiger partial charge < -0.3 is 0 Å². The Balaban J connectivity index is 1.96. The average Bonchev–Trinajstić information content (AvgIpc) is 2.99. The Bertz CT molecular complexity index is 743. The average molecular weight is 291 g/mol. The van der Waals surface area contributed by atoms with E-state index in [2.05, 4.69) is 14.9 Å². The molecule has 2 N–H and O–H groups in total. The molecule has 0 aliphatic heterocycles. The number of aryl methyl sites for hydroxylation is 4.